The van der Waals surface area contributed by atoms with Gasteiger partial charge >= 0.3 is 0 Å². The van der Waals surface area contributed by atoms with Crippen LogP contribution in [-0.2, 0) is 4.79 Å². The normalized spacial score (nSPS) is 19.8. The molecule has 2 aliphatic heterocycles. The molecule has 2 saturated heterocycles. The van der Waals surface area contributed by atoms with Crippen molar-refractivity contribution in [3.63, 3.8) is 0 Å². The van der Waals surface area contributed by atoms with E-state index in [1.807, 2.05) is 47.8 Å². The lowest BCUT2D eigenvalue weighted by Gasteiger charge is -2.24. The minimum absolute atomic E-state index is 0.0855. The first-order chi connectivity index (χ1) is 13.6. The van der Waals surface area contributed by atoms with Crippen LogP contribution in [0.25, 0.3) is 0 Å². The van der Waals surface area contributed by atoms with E-state index in [4.69, 9.17) is 0 Å². The maximum Gasteiger partial charge on any atom is 0.254 e. The Morgan fingerprint density at radius 2 is 1.82 bits per heavy atom. The van der Waals surface area contributed by atoms with E-state index in [0.717, 1.165) is 16.6 Å². The maximum atomic E-state index is 12.9. The van der Waals surface area contributed by atoms with Gasteiger partial charge in [0.2, 0.25) is 5.91 Å². The summed E-state index contributed by atoms with van der Waals surface area (Å²) in [6.07, 6.45) is 1.54. The summed E-state index contributed by atoms with van der Waals surface area (Å²) >= 11 is 7.28. The second kappa shape index (κ2) is 8.93. The number of likely N-dealkylation sites (tertiary alicyclic amines) is 1. The molecule has 7 heteroatoms. The van der Waals surface area contributed by atoms with Gasteiger partial charge in [0, 0.05) is 33.8 Å². The van der Waals surface area contributed by atoms with Crippen LogP contribution in [0, 0.1) is 0 Å². The van der Waals surface area contributed by atoms with Gasteiger partial charge in [-0.2, -0.15) is 0 Å². The Morgan fingerprint density at radius 3 is 2.57 bits per heavy atom. The first-order valence-corrected chi connectivity index (χ1v) is 12.2. The fourth-order valence-corrected chi connectivity index (χ4v) is 6.68. The molecule has 2 heterocycles. The highest BCUT2D eigenvalue weighted by Crippen LogP contribution is 2.45. The summed E-state index contributed by atoms with van der Waals surface area (Å²) in [6, 6.07) is 14.9. The van der Waals surface area contributed by atoms with Gasteiger partial charge in [-0.1, -0.05) is 28.1 Å². The predicted octanol–water partition coefficient (Wildman–Crippen LogP) is 5.17. The Balaban J connectivity index is 1.45. The quantitative estimate of drug-likeness (QED) is 0.660. The number of nitrogens with zero attached hydrogens (tertiary/aromatic N) is 1. The second-order valence-corrected chi connectivity index (χ2v) is 10.5. The van der Waals surface area contributed by atoms with E-state index in [-0.39, 0.29) is 11.8 Å². The molecule has 1 unspecified atom stereocenters. The molecule has 0 saturated carbocycles. The molecule has 2 amide bonds. The fraction of sp³-hybridized carbons (Fsp3) is 0.333. The van der Waals surface area contributed by atoms with Crippen molar-refractivity contribution in [2.24, 2.45) is 0 Å². The highest BCUT2D eigenvalue weighted by Gasteiger charge is 2.34. The molecule has 2 fully saturated rings. The third-order valence-electron chi connectivity index (χ3n) is 4.96. The number of benzene rings is 2. The minimum atomic E-state index is -0.421. The van der Waals surface area contributed by atoms with Gasteiger partial charge in [0.25, 0.3) is 5.91 Å². The summed E-state index contributed by atoms with van der Waals surface area (Å²) in [4.78, 5) is 27.5. The number of hydrogen-bond donors (Lipinski definition) is 1. The van der Waals surface area contributed by atoms with Crippen LogP contribution in [-0.4, -0.2) is 40.8 Å². The SMILES string of the molecule is O=C(Nc1cccc(C2SCCS2)c1)C1CCCN1C(=O)c1ccc(Br)cc1. The minimum Gasteiger partial charge on any atom is -0.327 e. The molecule has 2 aromatic carbocycles. The molecule has 2 aliphatic rings. The average molecular weight is 477 g/mol. The Kier molecular flexibility index (Phi) is 6.33. The number of hydrogen-bond acceptors (Lipinski definition) is 4. The smallest absolute Gasteiger partial charge is 0.254 e. The lowest BCUT2D eigenvalue weighted by Crippen LogP contribution is -2.43. The van der Waals surface area contributed by atoms with E-state index in [9.17, 15) is 9.59 Å². The molecule has 1 N–H and O–H groups in total. The number of thioether (sulfide) groups is 2. The highest BCUT2D eigenvalue weighted by molar-refractivity contribution is 9.10. The van der Waals surface area contributed by atoms with E-state index >= 15 is 0 Å². The molecule has 0 aliphatic carbocycles. The van der Waals surface area contributed by atoms with E-state index in [1.54, 1.807) is 17.0 Å². The van der Waals surface area contributed by atoms with Crippen molar-refractivity contribution >= 4 is 57.0 Å². The molecule has 0 spiro atoms. The summed E-state index contributed by atoms with van der Waals surface area (Å²) in [6.45, 7) is 0.613. The van der Waals surface area contributed by atoms with Gasteiger partial charge in [0.1, 0.15) is 6.04 Å². The second-order valence-electron chi connectivity index (χ2n) is 6.85. The van der Waals surface area contributed by atoms with Crippen LogP contribution < -0.4 is 5.32 Å². The van der Waals surface area contributed by atoms with Gasteiger partial charge < -0.3 is 10.2 Å². The number of nitrogens with one attached hydrogen (secondary N) is 1. The maximum absolute atomic E-state index is 12.9. The molecule has 2 aromatic rings. The van der Waals surface area contributed by atoms with Crippen LogP contribution >= 0.6 is 39.5 Å². The molecule has 0 bridgehead atoms. The molecule has 4 rings (SSSR count). The van der Waals surface area contributed by atoms with Crippen molar-refractivity contribution in [3.05, 3.63) is 64.1 Å². The Hall–Kier alpha value is -1.44. The fourth-order valence-electron chi connectivity index (χ4n) is 3.58. The van der Waals surface area contributed by atoms with Crippen molar-refractivity contribution in [2.45, 2.75) is 23.5 Å². The van der Waals surface area contributed by atoms with Crippen molar-refractivity contribution in [1.82, 2.24) is 4.90 Å². The lowest BCUT2D eigenvalue weighted by atomic mass is 10.1. The summed E-state index contributed by atoms with van der Waals surface area (Å²) in [5.74, 6) is 2.15. The van der Waals surface area contributed by atoms with Gasteiger partial charge in [-0.05, 0) is 54.8 Å². The number of amides is 2. The van der Waals surface area contributed by atoms with Crippen LogP contribution in [0.3, 0.4) is 0 Å². The van der Waals surface area contributed by atoms with Gasteiger partial charge in [0.05, 0.1) is 4.58 Å². The van der Waals surface area contributed by atoms with Crippen molar-refractivity contribution in [3.8, 4) is 0 Å². The number of halogens is 1. The molecular weight excluding hydrogens is 456 g/mol. The zero-order chi connectivity index (χ0) is 19.5. The molecular formula is C21H21BrN2O2S2. The Labute approximate surface area is 182 Å². The van der Waals surface area contributed by atoms with Crippen molar-refractivity contribution in [2.75, 3.05) is 23.4 Å². The van der Waals surface area contributed by atoms with Crippen LogP contribution in [0.4, 0.5) is 5.69 Å². The summed E-state index contributed by atoms with van der Waals surface area (Å²) in [5, 5.41) is 3.03. The summed E-state index contributed by atoms with van der Waals surface area (Å²) in [5.41, 5.74) is 2.65. The molecule has 1 atom stereocenters. The lowest BCUT2D eigenvalue weighted by molar-refractivity contribution is -0.119. The van der Waals surface area contributed by atoms with E-state index in [0.29, 0.717) is 23.1 Å². The largest absolute Gasteiger partial charge is 0.327 e. The Morgan fingerprint density at radius 1 is 1.07 bits per heavy atom. The van der Waals surface area contributed by atoms with E-state index < -0.39 is 6.04 Å². The van der Waals surface area contributed by atoms with Gasteiger partial charge in [-0.25, -0.2) is 0 Å². The van der Waals surface area contributed by atoms with E-state index in [1.165, 1.54) is 17.1 Å². The number of rotatable bonds is 4. The van der Waals surface area contributed by atoms with Crippen LogP contribution in [0.15, 0.2) is 53.0 Å². The molecule has 0 radical (unpaired) electrons. The number of carbonyl (C=O) groups excluding carboxylic acids is 2. The molecule has 0 aromatic heterocycles. The van der Waals surface area contributed by atoms with Gasteiger partial charge in [0.15, 0.2) is 0 Å². The zero-order valence-corrected chi connectivity index (χ0v) is 18.5. The monoisotopic (exact) mass is 476 g/mol. The molecule has 28 heavy (non-hydrogen) atoms. The third kappa shape index (κ3) is 4.42. The first-order valence-electron chi connectivity index (χ1n) is 9.32. The number of carbonyl (C=O) groups is 2. The highest BCUT2D eigenvalue weighted by atomic mass is 79.9. The zero-order valence-electron chi connectivity index (χ0n) is 15.3. The summed E-state index contributed by atoms with van der Waals surface area (Å²) in [7, 11) is 0. The van der Waals surface area contributed by atoms with Crippen molar-refractivity contribution < 1.29 is 9.59 Å². The molecule has 146 valence electrons. The third-order valence-corrected chi connectivity index (χ3v) is 8.59. The topological polar surface area (TPSA) is 49.4 Å². The average Bonchev–Trinajstić information content (AvgIpc) is 3.40. The summed E-state index contributed by atoms with van der Waals surface area (Å²) < 4.78 is 1.37. The van der Waals surface area contributed by atoms with E-state index in [2.05, 4.69) is 33.4 Å². The van der Waals surface area contributed by atoms with Crippen molar-refractivity contribution in [1.29, 1.82) is 0 Å². The van der Waals surface area contributed by atoms with Crippen LogP contribution in [0.5, 0.6) is 0 Å². The van der Waals surface area contributed by atoms with Gasteiger partial charge in [-0.3, -0.25) is 9.59 Å². The van der Waals surface area contributed by atoms with Crippen LogP contribution in [0.1, 0.15) is 33.3 Å². The first kappa shape index (κ1) is 19.9. The number of anilines is 1. The molecule has 4 nitrogen and oxygen atoms in total. The predicted molar refractivity (Wildman–Crippen MR) is 121 cm³/mol. The standard InChI is InChI=1S/C21H21BrN2O2S2/c22-16-8-6-14(7-9-16)20(26)24-10-2-5-18(24)19(25)23-17-4-1-3-15(13-17)21-27-11-12-28-21/h1,3-4,6-9,13,18,21H,2,5,10-12H2,(H,23,25). The van der Waals surface area contributed by atoms with Gasteiger partial charge in [-0.15, -0.1) is 23.5 Å². The van der Waals surface area contributed by atoms with Crippen LogP contribution in [0.2, 0.25) is 0 Å². The Bertz CT molecular complexity index is 869.